The predicted molar refractivity (Wildman–Crippen MR) is 140 cm³/mol. The number of imidazole rings is 1. The number of hydrogen-bond donors (Lipinski definition) is 3. The van der Waals surface area contributed by atoms with Crippen molar-refractivity contribution in [3.63, 3.8) is 0 Å². The highest BCUT2D eigenvalue weighted by Gasteiger charge is 2.22. The van der Waals surface area contributed by atoms with Crippen molar-refractivity contribution in [1.29, 1.82) is 0 Å². The van der Waals surface area contributed by atoms with Crippen LogP contribution in [-0.2, 0) is 12.8 Å². The molecule has 2 aromatic heterocycles. The van der Waals surface area contributed by atoms with Crippen molar-refractivity contribution in [3.8, 4) is 17.2 Å². The number of H-pyrrole nitrogens is 2. The van der Waals surface area contributed by atoms with Gasteiger partial charge in [-0.15, -0.1) is 0 Å². The van der Waals surface area contributed by atoms with Gasteiger partial charge in [-0.25, -0.2) is 9.37 Å². The summed E-state index contributed by atoms with van der Waals surface area (Å²) in [7, 11) is 0. The fraction of sp³-hybridized carbons (Fsp3) is 0.207. The summed E-state index contributed by atoms with van der Waals surface area (Å²) in [5.74, 6) is 0.620. The second kappa shape index (κ2) is 9.54. The molecule has 0 radical (unpaired) electrons. The van der Waals surface area contributed by atoms with E-state index in [4.69, 9.17) is 0 Å². The van der Waals surface area contributed by atoms with Crippen molar-refractivity contribution in [2.45, 2.75) is 25.7 Å². The lowest BCUT2D eigenvalue weighted by molar-refractivity contribution is 0.0952. The van der Waals surface area contributed by atoms with Gasteiger partial charge in [0.05, 0.1) is 16.7 Å². The molecule has 0 saturated heterocycles. The normalized spacial score (nSPS) is 13.2. The Morgan fingerprint density at radius 2 is 1.76 bits per heavy atom. The second-order valence-corrected chi connectivity index (χ2v) is 9.54. The highest BCUT2D eigenvalue weighted by atomic mass is 19.1. The molecule has 0 atom stereocenters. The van der Waals surface area contributed by atoms with Crippen molar-refractivity contribution in [2.24, 2.45) is 5.92 Å². The topological polar surface area (TPSA) is 95.6 Å². The molecule has 1 aliphatic rings. The van der Waals surface area contributed by atoms with Gasteiger partial charge in [0.25, 0.3) is 11.5 Å². The van der Waals surface area contributed by atoms with Crippen molar-refractivity contribution >= 4 is 16.9 Å². The number of nitrogens with zero attached hydrogens (tertiary/aromatic N) is 2. The Bertz CT molecular complexity index is 1590. The first-order valence-electron chi connectivity index (χ1n) is 12.5. The molecular formula is C29H26FN5O2. The molecule has 37 heavy (non-hydrogen) atoms. The average molecular weight is 496 g/mol. The number of carbonyl (C=O) groups excluding carboxylic acids is 1. The van der Waals surface area contributed by atoms with Gasteiger partial charge in [0, 0.05) is 17.7 Å². The van der Waals surface area contributed by atoms with Crippen molar-refractivity contribution < 1.29 is 9.18 Å². The monoisotopic (exact) mass is 495 g/mol. The SMILES string of the molecule is O=C(NCC1CC1)c1ccc(-c2[nH]n(-c3nc4ccccc4[nH]3)c(=O)c2CCc2ccc(F)cc2)cc1. The van der Waals surface area contributed by atoms with E-state index in [1.807, 2.05) is 36.4 Å². The molecule has 1 aliphatic carbocycles. The van der Waals surface area contributed by atoms with E-state index >= 15 is 0 Å². The first-order chi connectivity index (χ1) is 18.0. The second-order valence-electron chi connectivity index (χ2n) is 9.54. The van der Waals surface area contributed by atoms with Crippen LogP contribution in [0.4, 0.5) is 4.39 Å². The van der Waals surface area contributed by atoms with Gasteiger partial charge >= 0.3 is 0 Å². The van der Waals surface area contributed by atoms with Gasteiger partial charge in [-0.05, 0) is 79.1 Å². The molecule has 8 heteroatoms. The molecule has 0 unspecified atom stereocenters. The van der Waals surface area contributed by atoms with Gasteiger partial charge in [-0.1, -0.05) is 36.4 Å². The van der Waals surface area contributed by atoms with E-state index in [2.05, 4.69) is 20.4 Å². The minimum Gasteiger partial charge on any atom is -0.352 e. The summed E-state index contributed by atoms with van der Waals surface area (Å²) in [6.45, 7) is 0.710. The fourth-order valence-corrected chi connectivity index (χ4v) is 4.51. The zero-order valence-corrected chi connectivity index (χ0v) is 20.1. The van der Waals surface area contributed by atoms with Gasteiger partial charge in [-0.3, -0.25) is 14.7 Å². The maximum Gasteiger partial charge on any atom is 0.277 e. The highest BCUT2D eigenvalue weighted by molar-refractivity contribution is 5.94. The van der Waals surface area contributed by atoms with Crippen LogP contribution in [0, 0.1) is 11.7 Å². The molecule has 1 amide bonds. The van der Waals surface area contributed by atoms with Crippen LogP contribution < -0.4 is 10.9 Å². The molecule has 5 aromatic rings. The van der Waals surface area contributed by atoms with Gasteiger partial charge in [0.1, 0.15) is 5.82 Å². The number of hydrogen-bond acceptors (Lipinski definition) is 3. The van der Waals surface area contributed by atoms with Gasteiger partial charge in [-0.2, -0.15) is 4.68 Å². The van der Waals surface area contributed by atoms with E-state index in [0.717, 1.165) is 22.2 Å². The number of aromatic amines is 2. The first-order valence-corrected chi connectivity index (χ1v) is 12.5. The van der Waals surface area contributed by atoms with Crippen LogP contribution in [-0.4, -0.2) is 32.2 Å². The third kappa shape index (κ3) is 4.82. The summed E-state index contributed by atoms with van der Waals surface area (Å²) in [6.07, 6.45) is 3.38. The van der Waals surface area contributed by atoms with E-state index in [-0.39, 0.29) is 17.3 Å². The summed E-state index contributed by atoms with van der Waals surface area (Å²) >= 11 is 0. The van der Waals surface area contributed by atoms with Gasteiger partial charge in [0.2, 0.25) is 5.95 Å². The molecule has 0 aliphatic heterocycles. The molecule has 6 rings (SSSR count). The minimum atomic E-state index is -0.292. The average Bonchev–Trinajstić information content (AvgIpc) is 3.56. The molecule has 1 saturated carbocycles. The third-order valence-electron chi connectivity index (χ3n) is 6.84. The Kier molecular flexibility index (Phi) is 5.92. The first kappa shape index (κ1) is 23.0. The molecule has 1 fully saturated rings. The summed E-state index contributed by atoms with van der Waals surface area (Å²) in [5, 5.41) is 6.22. The summed E-state index contributed by atoms with van der Waals surface area (Å²) in [5.41, 5.74) is 4.95. The lowest BCUT2D eigenvalue weighted by Gasteiger charge is -2.07. The van der Waals surface area contributed by atoms with E-state index in [1.165, 1.54) is 29.7 Å². The van der Waals surface area contributed by atoms with Crippen LogP contribution in [0.15, 0.2) is 77.6 Å². The lowest BCUT2D eigenvalue weighted by atomic mass is 10.0. The molecule has 0 bridgehead atoms. The molecule has 186 valence electrons. The number of halogens is 1. The molecule has 0 spiro atoms. The molecule has 3 aromatic carbocycles. The maximum atomic E-state index is 13.6. The van der Waals surface area contributed by atoms with Crippen LogP contribution >= 0.6 is 0 Å². The predicted octanol–water partition coefficient (Wildman–Crippen LogP) is 4.77. The number of nitrogens with one attached hydrogen (secondary N) is 3. The van der Waals surface area contributed by atoms with Crippen molar-refractivity contribution in [2.75, 3.05) is 6.54 Å². The molecular weight excluding hydrogens is 469 g/mol. The van der Waals surface area contributed by atoms with Gasteiger partial charge in [0.15, 0.2) is 0 Å². The Morgan fingerprint density at radius 3 is 2.49 bits per heavy atom. The Hall–Kier alpha value is -4.46. The number of aryl methyl sites for hydroxylation is 1. The number of rotatable bonds is 8. The maximum absolute atomic E-state index is 13.6. The van der Waals surface area contributed by atoms with Crippen molar-refractivity contribution in [3.05, 3.63) is 106 Å². The largest absolute Gasteiger partial charge is 0.352 e. The van der Waals surface area contributed by atoms with E-state index < -0.39 is 0 Å². The molecule has 7 nitrogen and oxygen atoms in total. The van der Waals surface area contributed by atoms with Crippen molar-refractivity contribution in [1.82, 2.24) is 25.1 Å². The summed E-state index contributed by atoms with van der Waals surface area (Å²) in [6, 6.07) is 21.1. The number of aromatic nitrogens is 4. The number of para-hydroxylation sites is 2. The Morgan fingerprint density at radius 1 is 1.00 bits per heavy atom. The smallest absolute Gasteiger partial charge is 0.277 e. The van der Waals surface area contributed by atoms with E-state index in [1.54, 1.807) is 24.3 Å². The van der Waals surface area contributed by atoms with Crippen LogP contribution in [0.1, 0.15) is 34.3 Å². The summed E-state index contributed by atoms with van der Waals surface area (Å²) < 4.78 is 14.8. The standard InChI is InChI=1S/C29H26FN5O2/c30-22-14-7-18(8-15-22)9-16-23-26(20-10-12-21(13-11-20)27(36)31-17-19-5-6-19)34-35(28(23)37)29-32-24-3-1-2-4-25(24)33-29/h1-4,7-8,10-15,19,34H,5-6,9,16-17H2,(H,31,36)(H,32,33). The third-order valence-corrected chi connectivity index (χ3v) is 6.84. The highest BCUT2D eigenvalue weighted by Crippen LogP contribution is 2.28. The number of carbonyl (C=O) groups is 1. The van der Waals surface area contributed by atoms with Crippen LogP contribution in [0.5, 0.6) is 0 Å². The number of benzene rings is 3. The van der Waals surface area contributed by atoms with E-state index in [0.29, 0.717) is 48.1 Å². The van der Waals surface area contributed by atoms with E-state index in [9.17, 15) is 14.0 Å². The Balaban J connectivity index is 1.34. The fourth-order valence-electron chi connectivity index (χ4n) is 4.51. The van der Waals surface area contributed by atoms with Crippen LogP contribution in [0.2, 0.25) is 0 Å². The quantitative estimate of drug-likeness (QED) is 0.289. The van der Waals surface area contributed by atoms with Crippen LogP contribution in [0.3, 0.4) is 0 Å². The van der Waals surface area contributed by atoms with Crippen LogP contribution in [0.25, 0.3) is 28.2 Å². The zero-order chi connectivity index (χ0) is 25.4. The minimum absolute atomic E-state index is 0.0941. The molecule has 3 N–H and O–H groups in total. The Labute approximate surface area is 212 Å². The number of amides is 1. The summed E-state index contributed by atoms with van der Waals surface area (Å²) in [4.78, 5) is 33.9. The van der Waals surface area contributed by atoms with Gasteiger partial charge < -0.3 is 10.3 Å². The lowest BCUT2D eigenvalue weighted by Crippen LogP contribution is -2.25. The number of fused-ring (bicyclic) bond motifs is 1. The molecule has 2 heterocycles. The zero-order valence-electron chi connectivity index (χ0n) is 20.1.